The second-order valence-electron chi connectivity index (χ2n) is 8.79. The molecule has 2 unspecified atom stereocenters. The zero-order chi connectivity index (χ0) is 23.8. The smallest absolute Gasteiger partial charge is 0.255 e. The molecule has 1 aliphatic carbocycles. The Labute approximate surface area is 189 Å². The largest absolute Gasteiger partial charge is 0.396 e. The van der Waals surface area contributed by atoms with Gasteiger partial charge in [0.05, 0.1) is 52.1 Å². The summed E-state index contributed by atoms with van der Waals surface area (Å²) in [6.45, 7) is 2.37. The molecule has 1 fully saturated rings. The van der Waals surface area contributed by atoms with E-state index >= 15 is 0 Å². The Balaban J connectivity index is 1.64. The third kappa shape index (κ3) is 4.79. The fraction of sp³-hybridized carbons (Fsp3) is 0.391. The number of hydrogen-bond donors (Lipinski definition) is 4. The quantitative estimate of drug-likeness (QED) is 0.410. The first-order valence-electron chi connectivity index (χ1n) is 10.6. The molecule has 1 amide bonds. The van der Waals surface area contributed by atoms with Gasteiger partial charge in [-0.2, -0.15) is 10.4 Å². The van der Waals surface area contributed by atoms with E-state index in [2.05, 4.69) is 26.8 Å². The molecular weight excluding hydrogens is 427 g/mol. The van der Waals surface area contributed by atoms with Gasteiger partial charge in [0.15, 0.2) is 0 Å². The molecule has 0 aliphatic heterocycles. The molecule has 4 N–H and O–H groups in total. The van der Waals surface area contributed by atoms with E-state index in [1.165, 1.54) is 26.2 Å². The van der Waals surface area contributed by atoms with E-state index < -0.39 is 17.7 Å². The summed E-state index contributed by atoms with van der Waals surface area (Å²) in [7, 11) is 0. The van der Waals surface area contributed by atoms with Crippen LogP contribution in [0.2, 0.25) is 0 Å². The van der Waals surface area contributed by atoms with Crippen LogP contribution >= 0.6 is 0 Å². The average Bonchev–Trinajstić information content (AvgIpc) is 3.41. The lowest BCUT2D eigenvalue weighted by Crippen LogP contribution is -2.42. The van der Waals surface area contributed by atoms with Crippen molar-refractivity contribution in [3.05, 3.63) is 47.8 Å². The lowest BCUT2D eigenvalue weighted by molar-refractivity contribution is -0.00177. The number of nitrogens with one attached hydrogen (secondary N) is 2. The van der Waals surface area contributed by atoms with Crippen LogP contribution in [0, 0.1) is 17.2 Å². The maximum Gasteiger partial charge on any atom is 0.255 e. The number of aliphatic hydroxyl groups is 2. The maximum atomic E-state index is 14.1. The third-order valence-corrected chi connectivity index (χ3v) is 5.75. The highest BCUT2D eigenvalue weighted by Crippen LogP contribution is 2.35. The van der Waals surface area contributed by atoms with Crippen molar-refractivity contribution in [1.29, 1.82) is 5.26 Å². The third-order valence-electron chi connectivity index (χ3n) is 5.75. The molecule has 0 radical (unpaired) electrons. The van der Waals surface area contributed by atoms with Crippen molar-refractivity contribution in [3.8, 4) is 17.5 Å². The van der Waals surface area contributed by atoms with Crippen LogP contribution < -0.4 is 10.6 Å². The van der Waals surface area contributed by atoms with Gasteiger partial charge in [-0.3, -0.25) is 9.78 Å². The van der Waals surface area contributed by atoms with Gasteiger partial charge in [0.2, 0.25) is 0 Å². The molecule has 1 saturated carbocycles. The number of hydrogen-bond acceptors (Lipinski definition) is 7. The van der Waals surface area contributed by atoms with Crippen LogP contribution in [0.4, 0.5) is 10.1 Å². The summed E-state index contributed by atoms with van der Waals surface area (Å²) in [5.41, 5.74) is 1.54. The molecule has 4 rings (SSSR count). The Morgan fingerprint density at radius 2 is 2.18 bits per heavy atom. The molecule has 10 heteroatoms. The normalized spacial score (nSPS) is 18.5. The van der Waals surface area contributed by atoms with Crippen molar-refractivity contribution in [2.24, 2.45) is 5.92 Å². The van der Waals surface area contributed by atoms with Gasteiger partial charge in [-0.05, 0) is 44.5 Å². The van der Waals surface area contributed by atoms with Crippen molar-refractivity contribution in [3.63, 3.8) is 0 Å². The Morgan fingerprint density at radius 3 is 2.85 bits per heavy atom. The predicted octanol–water partition coefficient (Wildman–Crippen LogP) is 1.90. The van der Waals surface area contributed by atoms with Gasteiger partial charge in [-0.25, -0.2) is 8.91 Å². The number of pyridine rings is 1. The summed E-state index contributed by atoms with van der Waals surface area (Å²) in [6, 6.07) is 9.14. The van der Waals surface area contributed by atoms with E-state index in [4.69, 9.17) is 5.26 Å². The number of carbonyl (C=O) groups is 1. The number of amides is 1. The van der Waals surface area contributed by atoms with Gasteiger partial charge in [-0.15, -0.1) is 0 Å². The maximum absolute atomic E-state index is 14.1. The second kappa shape index (κ2) is 8.77. The van der Waals surface area contributed by atoms with Crippen LogP contribution in [0.1, 0.15) is 36.2 Å². The number of carbonyl (C=O) groups excluding carboxylic acids is 1. The Bertz CT molecular complexity index is 1230. The van der Waals surface area contributed by atoms with Crippen LogP contribution in [0.5, 0.6) is 0 Å². The molecule has 3 atom stereocenters. The summed E-state index contributed by atoms with van der Waals surface area (Å²) in [5.74, 6) is -0.426. The molecule has 1 aliphatic rings. The highest BCUT2D eigenvalue weighted by Gasteiger charge is 2.37. The molecule has 3 aromatic rings. The average molecular weight is 452 g/mol. The number of aliphatic hydroxyl groups excluding tert-OH is 1. The number of halogens is 1. The summed E-state index contributed by atoms with van der Waals surface area (Å²) in [6.07, 6.45) is 2.00. The summed E-state index contributed by atoms with van der Waals surface area (Å²) < 4.78 is 15.8. The van der Waals surface area contributed by atoms with Crippen molar-refractivity contribution >= 4 is 17.1 Å². The number of fused-ring (bicyclic) bond motifs is 1. The first-order chi connectivity index (χ1) is 15.7. The molecule has 3 aromatic heterocycles. The van der Waals surface area contributed by atoms with E-state index in [-0.39, 0.29) is 30.7 Å². The van der Waals surface area contributed by atoms with Gasteiger partial charge in [0, 0.05) is 24.8 Å². The summed E-state index contributed by atoms with van der Waals surface area (Å²) in [5, 5.41) is 38.3. The minimum absolute atomic E-state index is 0.0162. The molecule has 172 valence electrons. The van der Waals surface area contributed by atoms with Gasteiger partial charge < -0.3 is 20.8 Å². The molecule has 33 heavy (non-hydrogen) atoms. The summed E-state index contributed by atoms with van der Waals surface area (Å²) in [4.78, 5) is 17.2. The van der Waals surface area contributed by atoms with Crippen molar-refractivity contribution in [1.82, 2.24) is 19.9 Å². The number of alkyl halides is 1. The van der Waals surface area contributed by atoms with Gasteiger partial charge in [0.25, 0.3) is 5.91 Å². The van der Waals surface area contributed by atoms with Gasteiger partial charge in [0.1, 0.15) is 12.2 Å². The van der Waals surface area contributed by atoms with E-state index in [0.717, 1.165) is 11.9 Å². The van der Waals surface area contributed by atoms with E-state index in [1.54, 1.807) is 16.6 Å². The van der Waals surface area contributed by atoms with Gasteiger partial charge >= 0.3 is 0 Å². The molecule has 3 heterocycles. The van der Waals surface area contributed by atoms with Crippen molar-refractivity contribution < 1.29 is 19.4 Å². The summed E-state index contributed by atoms with van der Waals surface area (Å²) >= 11 is 0. The highest BCUT2D eigenvalue weighted by atomic mass is 19.1. The minimum atomic E-state index is -1.64. The molecule has 0 spiro atoms. The standard InChI is InChI=1S/C23H25FN6O3/c1-23(2,33)21(24)11-27-22(32)16-10-26-19(7-18(16)29-17-6-14(17)12-31)20-4-3-15-5-13(8-25)9-28-30(15)20/h3-5,7,9-10,14,17,21,31,33H,6,11-12H2,1-2H3,(H,26,29)(H,27,32)/t14?,17?,21-/m1/s1. The van der Waals surface area contributed by atoms with Crippen LogP contribution in [-0.2, 0) is 0 Å². The van der Waals surface area contributed by atoms with Crippen LogP contribution in [0.15, 0.2) is 36.7 Å². The van der Waals surface area contributed by atoms with Crippen LogP contribution in [0.3, 0.4) is 0 Å². The SMILES string of the molecule is CC(C)(O)[C@H](F)CNC(=O)c1cnc(-c2ccc3cc(C#N)cnn23)cc1NC1CC1CO. The topological polar surface area (TPSA) is 136 Å². The Kier molecular flexibility index (Phi) is 6.01. The lowest BCUT2D eigenvalue weighted by atomic mass is 10.0. The second-order valence-corrected chi connectivity index (χ2v) is 8.79. The number of anilines is 1. The van der Waals surface area contributed by atoms with Crippen LogP contribution in [-0.4, -0.2) is 61.7 Å². The van der Waals surface area contributed by atoms with Gasteiger partial charge in [-0.1, -0.05) is 0 Å². The zero-order valence-electron chi connectivity index (χ0n) is 18.3. The zero-order valence-corrected chi connectivity index (χ0v) is 18.3. The lowest BCUT2D eigenvalue weighted by Gasteiger charge is -2.22. The Hall–Kier alpha value is -3.55. The first kappa shape index (κ1) is 22.6. The Morgan fingerprint density at radius 1 is 1.39 bits per heavy atom. The molecule has 9 nitrogen and oxygen atoms in total. The predicted molar refractivity (Wildman–Crippen MR) is 119 cm³/mol. The fourth-order valence-corrected chi connectivity index (χ4v) is 3.50. The van der Waals surface area contributed by atoms with Crippen molar-refractivity contribution in [2.45, 2.75) is 38.1 Å². The molecular formula is C23H25FN6O3. The number of rotatable bonds is 8. The number of nitrogens with zero attached hydrogens (tertiary/aromatic N) is 4. The molecule has 0 saturated heterocycles. The highest BCUT2D eigenvalue weighted by molar-refractivity contribution is 6.00. The van der Waals surface area contributed by atoms with E-state index in [9.17, 15) is 19.4 Å². The number of aromatic nitrogens is 3. The van der Waals surface area contributed by atoms with Crippen LogP contribution in [0.25, 0.3) is 16.9 Å². The van der Waals surface area contributed by atoms with E-state index in [1.807, 2.05) is 12.1 Å². The molecule has 0 bridgehead atoms. The van der Waals surface area contributed by atoms with E-state index in [0.29, 0.717) is 22.6 Å². The van der Waals surface area contributed by atoms with Crippen molar-refractivity contribution in [2.75, 3.05) is 18.5 Å². The molecule has 0 aromatic carbocycles. The number of nitriles is 1. The minimum Gasteiger partial charge on any atom is -0.396 e. The monoisotopic (exact) mass is 452 g/mol. The first-order valence-corrected chi connectivity index (χ1v) is 10.6. The fourth-order valence-electron chi connectivity index (χ4n) is 3.50.